The Labute approximate surface area is 117 Å². The third kappa shape index (κ3) is 2.85. The molecule has 0 saturated heterocycles. The summed E-state index contributed by atoms with van der Waals surface area (Å²) in [4.78, 5) is 0. The van der Waals surface area contributed by atoms with Crippen LogP contribution in [0.25, 0.3) is 0 Å². The van der Waals surface area contributed by atoms with Crippen molar-refractivity contribution < 1.29 is 17.3 Å². The summed E-state index contributed by atoms with van der Waals surface area (Å²) < 4.78 is 35.0. The Hall–Kier alpha value is -1.05. The number of hydrogen-bond donors (Lipinski definition) is 0. The Bertz CT molecular complexity index is 649. The van der Waals surface area contributed by atoms with Gasteiger partial charge in [-0.1, -0.05) is 12.1 Å². The number of thiophene rings is 1. The molecule has 0 radical (unpaired) electrons. The predicted octanol–water partition coefficient (Wildman–Crippen LogP) is 3.29. The van der Waals surface area contributed by atoms with Gasteiger partial charge in [0.15, 0.2) is 15.7 Å². The molecule has 0 N–H and O–H groups in total. The number of hydrogen-bond acceptors (Lipinski definition) is 5. The molecule has 0 fully saturated rings. The highest BCUT2D eigenvalue weighted by Gasteiger charge is 2.20. The molecule has 0 aliphatic rings. The van der Waals surface area contributed by atoms with Gasteiger partial charge in [-0.3, -0.25) is 0 Å². The van der Waals surface area contributed by atoms with E-state index in [-0.39, 0.29) is 9.96 Å². The first-order valence-corrected chi connectivity index (χ1v) is 7.87. The lowest BCUT2D eigenvalue weighted by molar-refractivity contribution is 0.391. The summed E-state index contributed by atoms with van der Waals surface area (Å²) in [5.41, 5.74) is 0. The molecule has 0 unspecified atom stereocenters. The number of methoxy groups -OCH3 is 1. The van der Waals surface area contributed by atoms with Crippen molar-refractivity contribution in [2.24, 2.45) is 0 Å². The van der Waals surface area contributed by atoms with E-state index in [1.807, 2.05) is 0 Å². The molecule has 0 aliphatic heterocycles. The summed E-state index contributed by atoms with van der Waals surface area (Å²) in [5.74, 6) is 0.543. The van der Waals surface area contributed by atoms with Gasteiger partial charge in [0.1, 0.15) is 0 Å². The van der Waals surface area contributed by atoms with Crippen molar-refractivity contribution in [3.8, 4) is 11.5 Å². The Morgan fingerprint density at radius 2 is 1.78 bits per heavy atom. The maximum absolute atomic E-state index is 12.0. The normalized spacial score (nSPS) is 11.2. The van der Waals surface area contributed by atoms with E-state index in [1.54, 1.807) is 30.3 Å². The average molecular weight is 349 g/mol. The minimum atomic E-state index is -3.82. The standard InChI is InChI=1S/C11H9BrO4S2/c1-15-8-4-2-3-5-9(8)16-18(13,14)11-7-6-10(12)17-11/h2-7H,1H3. The Kier molecular flexibility index (Phi) is 3.94. The second-order valence-electron chi connectivity index (χ2n) is 3.25. The van der Waals surface area contributed by atoms with Gasteiger partial charge in [-0.05, 0) is 40.2 Å². The fourth-order valence-electron chi connectivity index (χ4n) is 1.28. The van der Waals surface area contributed by atoms with Crippen LogP contribution >= 0.6 is 27.3 Å². The van der Waals surface area contributed by atoms with Crippen LogP contribution < -0.4 is 8.92 Å². The molecule has 96 valence electrons. The zero-order valence-corrected chi connectivity index (χ0v) is 12.5. The van der Waals surface area contributed by atoms with E-state index in [2.05, 4.69) is 15.9 Å². The largest absolute Gasteiger partial charge is 0.493 e. The van der Waals surface area contributed by atoms with Crippen LogP contribution in [0.2, 0.25) is 0 Å². The van der Waals surface area contributed by atoms with Crippen LogP contribution in [0.15, 0.2) is 44.4 Å². The van der Waals surface area contributed by atoms with Crippen molar-refractivity contribution in [3.63, 3.8) is 0 Å². The van der Waals surface area contributed by atoms with Crippen molar-refractivity contribution in [2.45, 2.75) is 4.21 Å². The lowest BCUT2D eigenvalue weighted by Gasteiger charge is -2.08. The van der Waals surface area contributed by atoms with Gasteiger partial charge in [-0.15, -0.1) is 11.3 Å². The minimum absolute atomic E-state index is 0.139. The maximum atomic E-state index is 12.0. The summed E-state index contributed by atoms with van der Waals surface area (Å²) in [6, 6.07) is 9.73. The van der Waals surface area contributed by atoms with Gasteiger partial charge in [-0.25, -0.2) is 0 Å². The van der Waals surface area contributed by atoms with Crippen molar-refractivity contribution in [1.82, 2.24) is 0 Å². The second kappa shape index (κ2) is 5.29. The van der Waals surface area contributed by atoms with E-state index in [4.69, 9.17) is 8.92 Å². The Morgan fingerprint density at radius 3 is 2.33 bits per heavy atom. The number of ether oxygens (including phenoxy) is 1. The van der Waals surface area contributed by atoms with Gasteiger partial charge in [0.2, 0.25) is 0 Å². The summed E-state index contributed by atoms with van der Waals surface area (Å²) >= 11 is 4.30. The molecule has 18 heavy (non-hydrogen) atoms. The topological polar surface area (TPSA) is 52.6 Å². The highest BCUT2D eigenvalue weighted by atomic mass is 79.9. The van der Waals surface area contributed by atoms with Crippen molar-refractivity contribution in [3.05, 3.63) is 40.2 Å². The van der Waals surface area contributed by atoms with Gasteiger partial charge < -0.3 is 8.92 Å². The van der Waals surface area contributed by atoms with Gasteiger partial charge in [-0.2, -0.15) is 8.42 Å². The van der Waals surface area contributed by atoms with Crippen LogP contribution in [-0.2, 0) is 10.1 Å². The monoisotopic (exact) mass is 348 g/mol. The van der Waals surface area contributed by atoms with E-state index in [0.29, 0.717) is 5.75 Å². The zero-order valence-electron chi connectivity index (χ0n) is 9.29. The van der Waals surface area contributed by atoms with Crippen molar-refractivity contribution in [2.75, 3.05) is 7.11 Å². The molecular formula is C11H9BrO4S2. The number of rotatable bonds is 4. The van der Waals surface area contributed by atoms with Gasteiger partial charge >= 0.3 is 10.1 Å². The average Bonchev–Trinajstić information content (AvgIpc) is 2.77. The highest BCUT2D eigenvalue weighted by molar-refractivity contribution is 9.11. The number of benzene rings is 1. The second-order valence-corrected chi connectivity index (χ2v) is 7.48. The molecule has 4 nitrogen and oxygen atoms in total. The first-order chi connectivity index (χ1) is 8.53. The van der Waals surface area contributed by atoms with E-state index < -0.39 is 10.1 Å². The maximum Gasteiger partial charge on any atom is 0.348 e. The first-order valence-electron chi connectivity index (χ1n) is 4.86. The molecule has 0 aliphatic carbocycles. The van der Waals surface area contributed by atoms with Gasteiger partial charge in [0.25, 0.3) is 0 Å². The van der Waals surface area contributed by atoms with Crippen molar-refractivity contribution in [1.29, 1.82) is 0 Å². The molecule has 0 spiro atoms. The zero-order chi connectivity index (χ0) is 13.2. The van der Waals surface area contributed by atoms with E-state index in [1.165, 1.54) is 13.2 Å². The Balaban J connectivity index is 2.33. The lowest BCUT2D eigenvalue weighted by Crippen LogP contribution is -2.08. The van der Waals surface area contributed by atoms with Crippen LogP contribution in [0.3, 0.4) is 0 Å². The molecule has 1 heterocycles. The van der Waals surface area contributed by atoms with Crippen molar-refractivity contribution >= 4 is 37.4 Å². The summed E-state index contributed by atoms with van der Waals surface area (Å²) in [5, 5.41) is 0. The fourth-order valence-corrected chi connectivity index (χ4v) is 4.19. The van der Waals surface area contributed by atoms with Crippen LogP contribution in [0.4, 0.5) is 0 Å². The quantitative estimate of drug-likeness (QED) is 0.795. The molecule has 7 heteroatoms. The molecule has 1 aromatic heterocycles. The fraction of sp³-hybridized carbons (Fsp3) is 0.0909. The predicted molar refractivity (Wildman–Crippen MR) is 72.8 cm³/mol. The lowest BCUT2D eigenvalue weighted by atomic mass is 10.3. The number of para-hydroxylation sites is 2. The molecular weight excluding hydrogens is 340 g/mol. The van der Waals surface area contributed by atoms with Gasteiger partial charge in [0.05, 0.1) is 10.9 Å². The van der Waals surface area contributed by atoms with Crippen LogP contribution in [-0.4, -0.2) is 15.5 Å². The molecule has 0 saturated carbocycles. The first kappa shape index (κ1) is 13.4. The van der Waals surface area contributed by atoms with Crippen LogP contribution in [0, 0.1) is 0 Å². The molecule has 2 aromatic rings. The van der Waals surface area contributed by atoms with Gasteiger partial charge in [0, 0.05) is 0 Å². The Morgan fingerprint density at radius 1 is 1.11 bits per heavy atom. The van der Waals surface area contributed by atoms with Crippen LogP contribution in [0.5, 0.6) is 11.5 Å². The molecule has 2 rings (SSSR count). The molecule has 1 aromatic carbocycles. The highest BCUT2D eigenvalue weighted by Crippen LogP contribution is 2.32. The third-order valence-electron chi connectivity index (χ3n) is 2.06. The molecule has 0 bridgehead atoms. The summed E-state index contributed by atoms with van der Waals surface area (Å²) in [6.45, 7) is 0. The summed E-state index contributed by atoms with van der Waals surface area (Å²) in [6.07, 6.45) is 0. The molecule has 0 atom stereocenters. The van der Waals surface area contributed by atoms with E-state index >= 15 is 0 Å². The number of halogens is 1. The SMILES string of the molecule is COc1ccccc1OS(=O)(=O)c1ccc(Br)s1. The smallest absolute Gasteiger partial charge is 0.348 e. The van der Waals surface area contributed by atoms with E-state index in [9.17, 15) is 8.42 Å². The van der Waals surface area contributed by atoms with Crippen LogP contribution in [0.1, 0.15) is 0 Å². The molecule has 0 amide bonds. The third-order valence-corrected chi connectivity index (χ3v) is 5.37. The van der Waals surface area contributed by atoms with E-state index in [0.717, 1.165) is 15.1 Å². The summed E-state index contributed by atoms with van der Waals surface area (Å²) in [7, 11) is -2.36. The minimum Gasteiger partial charge on any atom is -0.493 e.